The van der Waals surface area contributed by atoms with Gasteiger partial charge in [-0.05, 0) is 31.2 Å². The van der Waals surface area contributed by atoms with Crippen molar-refractivity contribution in [1.82, 2.24) is 0 Å². The first-order valence-electron chi connectivity index (χ1n) is 5.69. The van der Waals surface area contributed by atoms with Crippen LogP contribution in [0.2, 0.25) is 0 Å². The van der Waals surface area contributed by atoms with Gasteiger partial charge in [0.15, 0.2) is 0 Å². The smallest absolute Gasteiger partial charge is 0.269 e. The Morgan fingerprint density at radius 2 is 1.63 bits per heavy atom. The van der Waals surface area contributed by atoms with Crippen molar-refractivity contribution in [2.75, 3.05) is 5.32 Å². The summed E-state index contributed by atoms with van der Waals surface area (Å²) in [6, 6.07) is 12.9. The van der Waals surface area contributed by atoms with Gasteiger partial charge < -0.3 is 5.32 Å². The van der Waals surface area contributed by atoms with E-state index in [-0.39, 0.29) is 11.6 Å². The standard InChI is InChI=1S/C14H12N2O3/c1-10-2-6-12(7-3-10)15-14(17)11-4-8-13(9-5-11)16(18)19/h2-9H,1H3,(H,15,17). The van der Waals surface area contributed by atoms with E-state index in [0.717, 1.165) is 5.56 Å². The van der Waals surface area contributed by atoms with Gasteiger partial charge in [-0.2, -0.15) is 0 Å². The number of hydrogen-bond donors (Lipinski definition) is 1. The Hall–Kier alpha value is -2.69. The number of amides is 1. The van der Waals surface area contributed by atoms with Crippen molar-refractivity contribution in [1.29, 1.82) is 0 Å². The van der Waals surface area contributed by atoms with Crippen molar-refractivity contribution in [2.24, 2.45) is 0 Å². The van der Waals surface area contributed by atoms with E-state index in [0.29, 0.717) is 11.3 Å². The third-order valence-corrected chi connectivity index (χ3v) is 2.65. The second kappa shape index (κ2) is 5.30. The normalized spacial score (nSPS) is 9.95. The van der Waals surface area contributed by atoms with Crippen molar-refractivity contribution in [3.63, 3.8) is 0 Å². The van der Waals surface area contributed by atoms with Crippen molar-refractivity contribution in [3.8, 4) is 0 Å². The third kappa shape index (κ3) is 3.16. The fourth-order valence-electron chi connectivity index (χ4n) is 1.57. The van der Waals surface area contributed by atoms with Crippen LogP contribution >= 0.6 is 0 Å². The molecule has 0 unspecified atom stereocenters. The molecule has 0 aromatic heterocycles. The molecule has 0 aliphatic carbocycles. The van der Waals surface area contributed by atoms with E-state index >= 15 is 0 Å². The SMILES string of the molecule is Cc1ccc(NC(=O)c2ccc([N+](=O)[O-])cc2)cc1. The highest BCUT2D eigenvalue weighted by Gasteiger charge is 2.09. The molecular formula is C14H12N2O3. The molecule has 0 saturated carbocycles. The summed E-state index contributed by atoms with van der Waals surface area (Å²) in [6.45, 7) is 1.96. The minimum Gasteiger partial charge on any atom is -0.322 e. The van der Waals surface area contributed by atoms with Gasteiger partial charge in [0, 0.05) is 23.4 Å². The lowest BCUT2D eigenvalue weighted by Crippen LogP contribution is -2.11. The summed E-state index contributed by atoms with van der Waals surface area (Å²) >= 11 is 0. The fourth-order valence-corrected chi connectivity index (χ4v) is 1.57. The van der Waals surface area contributed by atoms with Crippen LogP contribution in [0.4, 0.5) is 11.4 Å². The Morgan fingerprint density at radius 3 is 2.16 bits per heavy atom. The van der Waals surface area contributed by atoms with Crippen LogP contribution in [0.15, 0.2) is 48.5 Å². The number of carbonyl (C=O) groups excluding carboxylic acids is 1. The number of nitro groups is 1. The first kappa shape index (κ1) is 12.8. The number of benzene rings is 2. The lowest BCUT2D eigenvalue weighted by atomic mass is 10.2. The first-order chi connectivity index (χ1) is 9.06. The summed E-state index contributed by atoms with van der Waals surface area (Å²) in [5.74, 6) is -0.293. The molecule has 2 aromatic rings. The number of aryl methyl sites for hydroxylation is 1. The predicted molar refractivity (Wildman–Crippen MR) is 72.2 cm³/mol. The molecular weight excluding hydrogens is 244 g/mol. The lowest BCUT2D eigenvalue weighted by molar-refractivity contribution is -0.384. The molecule has 0 aliphatic rings. The molecule has 1 amide bonds. The average molecular weight is 256 g/mol. The Morgan fingerprint density at radius 1 is 1.05 bits per heavy atom. The van der Waals surface area contributed by atoms with Gasteiger partial charge in [0.2, 0.25) is 0 Å². The monoisotopic (exact) mass is 256 g/mol. The van der Waals surface area contributed by atoms with Crippen LogP contribution in [-0.4, -0.2) is 10.8 Å². The highest BCUT2D eigenvalue weighted by atomic mass is 16.6. The van der Waals surface area contributed by atoms with Gasteiger partial charge in [-0.3, -0.25) is 14.9 Å². The molecule has 0 atom stereocenters. The Bertz CT molecular complexity index is 604. The molecule has 19 heavy (non-hydrogen) atoms. The number of hydrogen-bond acceptors (Lipinski definition) is 3. The minimum absolute atomic E-state index is 0.0353. The van der Waals surface area contributed by atoms with Crippen LogP contribution in [0.1, 0.15) is 15.9 Å². The van der Waals surface area contributed by atoms with Crippen molar-refractivity contribution < 1.29 is 9.72 Å². The lowest BCUT2D eigenvalue weighted by Gasteiger charge is -2.05. The van der Waals surface area contributed by atoms with Crippen LogP contribution in [0.3, 0.4) is 0 Å². The van der Waals surface area contributed by atoms with Crippen molar-refractivity contribution in [2.45, 2.75) is 6.92 Å². The molecule has 2 aromatic carbocycles. The molecule has 5 nitrogen and oxygen atoms in total. The molecule has 0 bridgehead atoms. The van der Waals surface area contributed by atoms with Crippen molar-refractivity contribution in [3.05, 3.63) is 69.8 Å². The summed E-state index contributed by atoms with van der Waals surface area (Å²) in [5, 5.41) is 13.2. The van der Waals surface area contributed by atoms with E-state index in [4.69, 9.17) is 0 Å². The number of carbonyl (C=O) groups is 1. The predicted octanol–water partition coefficient (Wildman–Crippen LogP) is 3.16. The van der Waals surface area contributed by atoms with Gasteiger partial charge in [0.25, 0.3) is 11.6 Å². The van der Waals surface area contributed by atoms with Gasteiger partial charge in [-0.1, -0.05) is 17.7 Å². The fraction of sp³-hybridized carbons (Fsp3) is 0.0714. The Kier molecular flexibility index (Phi) is 3.56. The molecule has 2 rings (SSSR count). The van der Waals surface area contributed by atoms with Crippen molar-refractivity contribution >= 4 is 17.3 Å². The number of rotatable bonds is 3. The second-order valence-corrected chi connectivity index (χ2v) is 4.12. The van der Waals surface area contributed by atoms with Crippen LogP contribution in [0, 0.1) is 17.0 Å². The molecule has 5 heteroatoms. The van der Waals surface area contributed by atoms with Gasteiger partial charge in [-0.25, -0.2) is 0 Å². The summed E-state index contributed by atoms with van der Waals surface area (Å²) in [4.78, 5) is 21.9. The Labute approximate surface area is 110 Å². The quantitative estimate of drug-likeness (QED) is 0.677. The highest BCUT2D eigenvalue weighted by Crippen LogP contribution is 2.14. The number of nitrogens with one attached hydrogen (secondary N) is 1. The summed E-state index contributed by atoms with van der Waals surface area (Å²) in [6.07, 6.45) is 0. The number of nitrogens with zero attached hydrogens (tertiary/aromatic N) is 1. The van der Waals surface area contributed by atoms with E-state index < -0.39 is 4.92 Å². The molecule has 0 saturated heterocycles. The first-order valence-corrected chi connectivity index (χ1v) is 5.69. The zero-order valence-corrected chi connectivity index (χ0v) is 10.3. The van der Waals surface area contributed by atoms with E-state index in [1.807, 2.05) is 19.1 Å². The van der Waals surface area contributed by atoms with Gasteiger partial charge in [-0.15, -0.1) is 0 Å². The van der Waals surface area contributed by atoms with E-state index in [1.165, 1.54) is 24.3 Å². The molecule has 96 valence electrons. The van der Waals surface area contributed by atoms with Crippen LogP contribution in [0.5, 0.6) is 0 Å². The van der Waals surface area contributed by atoms with Gasteiger partial charge in [0.05, 0.1) is 4.92 Å². The molecule has 1 N–H and O–H groups in total. The highest BCUT2D eigenvalue weighted by molar-refractivity contribution is 6.04. The van der Waals surface area contributed by atoms with E-state index in [2.05, 4.69) is 5.32 Å². The maximum Gasteiger partial charge on any atom is 0.269 e. The molecule has 0 spiro atoms. The summed E-state index contributed by atoms with van der Waals surface area (Å²) < 4.78 is 0. The number of nitro benzene ring substituents is 1. The largest absolute Gasteiger partial charge is 0.322 e. The maximum absolute atomic E-state index is 11.9. The molecule has 0 aliphatic heterocycles. The summed E-state index contributed by atoms with van der Waals surface area (Å²) in [5.41, 5.74) is 2.14. The van der Waals surface area contributed by atoms with Crippen LogP contribution < -0.4 is 5.32 Å². The zero-order chi connectivity index (χ0) is 13.8. The summed E-state index contributed by atoms with van der Waals surface area (Å²) in [7, 11) is 0. The average Bonchev–Trinajstić information content (AvgIpc) is 2.41. The van der Waals surface area contributed by atoms with Gasteiger partial charge >= 0.3 is 0 Å². The van der Waals surface area contributed by atoms with Gasteiger partial charge in [0.1, 0.15) is 0 Å². The second-order valence-electron chi connectivity index (χ2n) is 4.12. The molecule has 0 radical (unpaired) electrons. The topological polar surface area (TPSA) is 72.2 Å². The van der Waals surface area contributed by atoms with Crippen LogP contribution in [-0.2, 0) is 0 Å². The Balaban J connectivity index is 2.11. The third-order valence-electron chi connectivity index (χ3n) is 2.65. The molecule has 0 heterocycles. The maximum atomic E-state index is 11.9. The number of anilines is 1. The minimum atomic E-state index is -0.498. The zero-order valence-electron chi connectivity index (χ0n) is 10.3. The molecule has 0 fully saturated rings. The van der Waals surface area contributed by atoms with Crippen LogP contribution in [0.25, 0.3) is 0 Å². The van der Waals surface area contributed by atoms with E-state index in [1.54, 1.807) is 12.1 Å². The van der Waals surface area contributed by atoms with E-state index in [9.17, 15) is 14.9 Å². The number of non-ortho nitro benzene ring substituents is 1.